The zero-order chi connectivity index (χ0) is 20.1. The van der Waals surface area contributed by atoms with Gasteiger partial charge in [0.1, 0.15) is 5.82 Å². The molecule has 148 valence electrons. The first-order valence-electron chi connectivity index (χ1n) is 8.93. The van der Waals surface area contributed by atoms with Gasteiger partial charge >= 0.3 is 6.55 Å². The fourth-order valence-corrected chi connectivity index (χ4v) is 2.95. The molecule has 0 saturated carbocycles. The number of aromatic nitrogens is 2. The third kappa shape index (κ3) is 4.59. The van der Waals surface area contributed by atoms with Gasteiger partial charge in [0, 0.05) is 38.7 Å². The minimum atomic E-state index is -2.71. The van der Waals surface area contributed by atoms with E-state index < -0.39 is 6.55 Å². The van der Waals surface area contributed by atoms with Crippen LogP contribution in [-0.4, -0.2) is 50.6 Å². The lowest BCUT2D eigenvalue weighted by Crippen LogP contribution is -2.30. The molecule has 0 atom stereocenters. The lowest BCUT2D eigenvalue weighted by molar-refractivity contribution is -0.136. The normalized spacial score (nSPS) is 13.7. The van der Waals surface area contributed by atoms with Gasteiger partial charge in [-0.2, -0.15) is 13.9 Å². The van der Waals surface area contributed by atoms with Crippen LogP contribution in [0.4, 0.5) is 8.78 Å². The van der Waals surface area contributed by atoms with E-state index in [1.807, 2.05) is 30.3 Å². The number of rotatable bonds is 7. The van der Waals surface area contributed by atoms with Crippen molar-refractivity contribution in [3.8, 4) is 0 Å². The van der Waals surface area contributed by atoms with Crippen molar-refractivity contribution in [1.82, 2.24) is 19.5 Å². The van der Waals surface area contributed by atoms with Gasteiger partial charge in [-0.1, -0.05) is 30.3 Å². The second kappa shape index (κ2) is 8.73. The van der Waals surface area contributed by atoms with E-state index in [0.717, 1.165) is 17.5 Å². The maximum atomic E-state index is 12.9. The molecule has 0 spiro atoms. The van der Waals surface area contributed by atoms with E-state index in [4.69, 9.17) is 0 Å². The molecule has 2 heterocycles. The molecule has 1 aliphatic heterocycles. The zero-order valence-electron chi connectivity index (χ0n) is 15.5. The number of imidazole rings is 1. The molecule has 0 aliphatic carbocycles. The predicted molar refractivity (Wildman–Crippen MR) is 98.5 cm³/mol. The van der Waals surface area contributed by atoms with Crippen molar-refractivity contribution in [2.24, 2.45) is 5.10 Å². The van der Waals surface area contributed by atoms with Gasteiger partial charge in [0.25, 0.3) is 0 Å². The number of hydrazone groups is 1. The van der Waals surface area contributed by atoms with Crippen molar-refractivity contribution in [2.45, 2.75) is 32.4 Å². The quantitative estimate of drug-likeness (QED) is 0.731. The first-order chi connectivity index (χ1) is 13.5. The second-order valence-electron chi connectivity index (χ2n) is 6.46. The molecule has 3 rings (SSSR count). The van der Waals surface area contributed by atoms with Crippen LogP contribution in [0.15, 0.2) is 47.8 Å². The molecule has 0 fully saturated rings. The summed E-state index contributed by atoms with van der Waals surface area (Å²) in [5, 5.41) is 5.74. The number of carbonyl (C=O) groups is 2. The van der Waals surface area contributed by atoms with Crippen molar-refractivity contribution in [3.05, 3.63) is 54.1 Å². The Morgan fingerprint density at radius 2 is 1.96 bits per heavy atom. The maximum Gasteiger partial charge on any atom is 0.319 e. The van der Waals surface area contributed by atoms with Gasteiger partial charge in [-0.15, -0.1) is 0 Å². The number of carbonyl (C=O) groups excluding carboxylic acids is 2. The maximum absolute atomic E-state index is 12.9. The van der Waals surface area contributed by atoms with Gasteiger partial charge < -0.3 is 4.90 Å². The summed E-state index contributed by atoms with van der Waals surface area (Å²) >= 11 is 0. The van der Waals surface area contributed by atoms with Gasteiger partial charge in [-0.3, -0.25) is 14.2 Å². The number of nitrogens with zero attached hydrogens (tertiary/aromatic N) is 5. The minimum absolute atomic E-state index is 0.0119. The highest BCUT2D eigenvalue weighted by molar-refractivity contribution is 6.02. The van der Waals surface area contributed by atoms with E-state index in [0.29, 0.717) is 17.5 Å². The highest BCUT2D eigenvalue weighted by Crippen LogP contribution is 2.16. The number of benzene rings is 1. The van der Waals surface area contributed by atoms with Crippen molar-refractivity contribution < 1.29 is 18.4 Å². The highest BCUT2D eigenvalue weighted by atomic mass is 19.3. The number of halogens is 2. The van der Waals surface area contributed by atoms with Crippen LogP contribution < -0.4 is 0 Å². The average Bonchev–Trinajstić information content (AvgIpc) is 3.36. The molecule has 2 amide bonds. The third-order valence-corrected chi connectivity index (χ3v) is 4.51. The molecular weight excluding hydrogens is 368 g/mol. The fraction of sp³-hybridized carbons (Fsp3) is 0.368. The van der Waals surface area contributed by atoms with Gasteiger partial charge in [-0.25, -0.2) is 9.99 Å². The Balaban J connectivity index is 1.51. The molecule has 1 aromatic heterocycles. The summed E-state index contributed by atoms with van der Waals surface area (Å²) < 4.78 is 26.4. The van der Waals surface area contributed by atoms with Crippen LogP contribution in [0.5, 0.6) is 0 Å². The van der Waals surface area contributed by atoms with Crippen LogP contribution in [0, 0.1) is 0 Å². The number of alkyl halides is 2. The van der Waals surface area contributed by atoms with Crippen LogP contribution >= 0.6 is 0 Å². The van der Waals surface area contributed by atoms with E-state index >= 15 is 0 Å². The Hall–Kier alpha value is -3.10. The molecule has 2 aromatic rings. The first kappa shape index (κ1) is 19.7. The number of hydrogen-bond acceptors (Lipinski definition) is 4. The van der Waals surface area contributed by atoms with E-state index in [2.05, 4.69) is 10.1 Å². The summed E-state index contributed by atoms with van der Waals surface area (Å²) in [6, 6.07) is 9.62. The molecule has 28 heavy (non-hydrogen) atoms. The summed E-state index contributed by atoms with van der Waals surface area (Å²) in [6.07, 6.45) is 3.09. The third-order valence-electron chi connectivity index (χ3n) is 4.51. The van der Waals surface area contributed by atoms with Gasteiger partial charge in [0.2, 0.25) is 11.8 Å². The molecule has 1 aliphatic rings. The molecule has 9 heteroatoms. The highest BCUT2D eigenvalue weighted by Gasteiger charge is 2.23. The molecule has 0 N–H and O–H groups in total. The SMILES string of the molecule is CN(Cc1nccn1C(F)F)C(=O)CCC(=O)N1CCC(c2ccccc2)=N1. The predicted octanol–water partition coefficient (Wildman–Crippen LogP) is 2.65. The molecule has 0 unspecified atom stereocenters. The van der Waals surface area contributed by atoms with Crippen molar-refractivity contribution in [2.75, 3.05) is 13.6 Å². The zero-order valence-corrected chi connectivity index (χ0v) is 15.5. The van der Waals surface area contributed by atoms with Gasteiger partial charge in [0.15, 0.2) is 0 Å². The van der Waals surface area contributed by atoms with E-state index in [-0.39, 0.29) is 37.0 Å². The second-order valence-corrected chi connectivity index (χ2v) is 6.46. The molecule has 0 radical (unpaired) electrons. The largest absolute Gasteiger partial charge is 0.338 e. The summed E-state index contributed by atoms with van der Waals surface area (Å²) in [4.78, 5) is 29.7. The smallest absolute Gasteiger partial charge is 0.319 e. The van der Waals surface area contributed by atoms with Crippen molar-refractivity contribution in [1.29, 1.82) is 0 Å². The summed E-state index contributed by atoms with van der Waals surface area (Å²) in [5.41, 5.74) is 1.82. The molecule has 7 nitrogen and oxygen atoms in total. The number of hydrogen-bond donors (Lipinski definition) is 0. The lowest BCUT2D eigenvalue weighted by Gasteiger charge is -2.18. The summed E-state index contributed by atoms with van der Waals surface area (Å²) in [5.74, 6) is -0.459. The van der Waals surface area contributed by atoms with Crippen LogP contribution in [0.25, 0.3) is 0 Å². The molecule has 0 saturated heterocycles. The Morgan fingerprint density at radius 3 is 2.68 bits per heavy atom. The van der Waals surface area contributed by atoms with E-state index in [9.17, 15) is 18.4 Å². The average molecular weight is 389 g/mol. The Labute approximate surface area is 161 Å². The van der Waals surface area contributed by atoms with Crippen LogP contribution in [-0.2, 0) is 16.1 Å². The van der Waals surface area contributed by atoms with Crippen molar-refractivity contribution >= 4 is 17.5 Å². The summed E-state index contributed by atoms with van der Waals surface area (Å²) in [7, 11) is 1.50. The first-order valence-corrected chi connectivity index (χ1v) is 8.93. The molecule has 1 aromatic carbocycles. The number of amides is 2. The molecule has 0 bridgehead atoms. The monoisotopic (exact) mass is 389 g/mol. The topological polar surface area (TPSA) is 70.8 Å². The van der Waals surface area contributed by atoms with E-state index in [1.54, 1.807) is 0 Å². The van der Waals surface area contributed by atoms with Crippen LogP contribution in [0.1, 0.15) is 37.2 Å². The Morgan fingerprint density at radius 1 is 1.21 bits per heavy atom. The Bertz CT molecular complexity index is 866. The van der Waals surface area contributed by atoms with Gasteiger partial charge in [-0.05, 0) is 5.56 Å². The van der Waals surface area contributed by atoms with Gasteiger partial charge in [0.05, 0.1) is 18.8 Å². The molecular formula is C19H21F2N5O2. The lowest BCUT2D eigenvalue weighted by atomic mass is 10.1. The van der Waals surface area contributed by atoms with Crippen molar-refractivity contribution in [3.63, 3.8) is 0 Å². The fourth-order valence-electron chi connectivity index (χ4n) is 2.95. The van der Waals surface area contributed by atoms with E-state index in [1.165, 1.54) is 23.2 Å². The minimum Gasteiger partial charge on any atom is -0.338 e. The Kier molecular flexibility index (Phi) is 6.13. The van der Waals surface area contributed by atoms with Crippen LogP contribution in [0.2, 0.25) is 0 Å². The summed E-state index contributed by atoms with van der Waals surface area (Å²) in [6.45, 7) is -2.28. The van der Waals surface area contributed by atoms with Crippen LogP contribution in [0.3, 0.4) is 0 Å². The standard InChI is InChI=1S/C19H21F2N5O2/c1-24(13-16-22-10-12-25(16)19(20)21)17(27)7-8-18(28)26-11-9-15(23-26)14-5-3-2-4-6-14/h2-6,10,12,19H,7-9,11,13H2,1H3.